The van der Waals surface area contributed by atoms with Crippen molar-refractivity contribution in [3.8, 4) is 0 Å². The van der Waals surface area contributed by atoms with Crippen molar-refractivity contribution in [1.29, 1.82) is 0 Å². The fourth-order valence-corrected chi connectivity index (χ4v) is 2.03. The maximum absolute atomic E-state index is 11.4. The van der Waals surface area contributed by atoms with Crippen LogP contribution < -0.4 is 5.56 Å². The summed E-state index contributed by atoms with van der Waals surface area (Å²) in [5, 5.41) is 0. The first-order valence-corrected chi connectivity index (χ1v) is 6.46. The number of hydrogen-bond donors (Lipinski definition) is 0. The molecule has 14 heavy (non-hydrogen) atoms. The standard InChI is InChI=1S/C8H8ClNO3S/c9-14(12,13)7-3-4-10(6-1-2-6)8(11)5-7/h3-6H,1-2H2. The van der Waals surface area contributed by atoms with E-state index in [2.05, 4.69) is 0 Å². The van der Waals surface area contributed by atoms with Crippen LogP contribution in [-0.2, 0) is 9.05 Å². The molecule has 0 saturated heterocycles. The Morgan fingerprint density at radius 3 is 2.50 bits per heavy atom. The van der Waals surface area contributed by atoms with Gasteiger partial charge >= 0.3 is 0 Å². The molecule has 0 unspecified atom stereocenters. The van der Waals surface area contributed by atoms with Gasteiger partial charge in [0.2, 0.25) is 0 Å². The van der Waals surface area contributed by atoms with Gasteiger partial charge in [0.25, 0.3) is 14.6 Å². The van der Waals surface area contributed by atoms with E-state index >= 15 is 0 Å². The molecule has 0 amide bonds. The van der Waals surface area contributed by atoms with E-state index in [4.69, 9.17) is 10.7 Å². The largest absolute Gasteiger partial charge is 0.312 e. The maximum Gasteiger partial charge on any atom is 0.261 e. The van der Waals surface area contributed by atoms with E-state index < -0.39 is 9.05 Å². The summed E-state index contributed by atoms with van der Waals surface area (Å²) < 4.78 is 23.3. The normalized spacial score (nSPS) is 16.9. The third-order valence-electron chi connectivity index (χ3n) is 2.14. The van der Waals surface area contributed by atoms with Crippen molar-refractivity contribution in [2.24, 2.45) is 0 Å². The first-order valence-electron chi connectivity index (χ1n) is 4.15. The van der Waals surface area contributed by atoms with Gasteiger partial charge < -0.3 is 4.57 Å². The molecule has 2 rings (SSSR count). The highest BCUT2D eigenvalue weighted by atomic mass is 35.7. The van der Waals surface area contributed by atoms with Gasteiger partial charge in [-0.25, -0.2) is 8.42 Å². The topological polar surface area (TPSA) is 56.1 Å². The van der Waals surface area contributed by atoms with Crippen LogP contribution in [0.25, 0.3) is 0 Å². The van der Waals surface area contributed by atoms with Crippen molar-refractivity contribution >= 4 is 19.7 Å². The zero-order chi connectivity index (χ0) is 10.3. The maximum atomic E-state index is 11.4. The van der Waals surface area contributed by atoms with Crippen molar-refractivity contribution in [2.75, 3.05) is 0 Å². The molecule has 0 aliphatic heterocycles. The average Bonchev–Trinajstić information content (AvgIpc) is 2.85. The number of pyridine rings is 1. The van der Waals surface area contributed by atoms with Gasteiger partial charge in [0.05, 0.1) is 4.90 Å². The fraction of sp³-hybridized carbons (Fsp3) is 0.375. The Bertz CT molecular complexity index is 516. The summed E-state index contributed by atoms with van der Waals surface area (Å²) in [6.45, 7) is 0. The van der Waals surface area contributed by atoms with E-state index in [1.807, 2.05) is 0 Å². The van der Waals surface area contributed by atoms with Crippen molar-refractivity contribution in [3.63, 3.8) is 0 Å². The van der Waals surface area contributed by atoms with Crippen LogP contribution >= 0.6 is 10.7 Å². The Morgan fingerprint density at radius 2 is 2.07 bits per heavy atom. The molecule has 1 aliphatic rings. The minimum absolute atomic E-state index is 0.138. The molecular formula is C8H8ClNO3S. The summed E-state index contributed by atoms with van der Waals surface area (Å²) >= 11 is 0. The van der Waals surface area contributed by atoms with Crippen molar-refractivity contribution in [3.05, 3.63) is 28.7 Å². The van der Waals surface area contributed by atoms with E-state index in [1.54, 1.807) is 0 Å². The molecule has 1 aliphatic carbocycles. The molecule has 0 bridgehead atoms. The van der Waals surface area contributed by atoms with E-state index in [0.717, 1.165) is 18.9 Å². The van der Waals surface area contributed by atoms with E-state index in [0.29, 0.717) is 0 Å². The van der Waals surface area contributed by atoms with Gasteiger partial charge in [-0.1, -0.05) is 0 Å². The number of hydrogen-bond acceptors (Lipinski definition) is 3. The van der Waals surface area contributed by atoms with Gasteiger partial charge in [0.15, 0.2) is 0 Å². The molecule has 0 aromatic carbocycles. The van der Waals surface area contributed by atoms with Crippen molar-refractivity contribution in [2.45, 2.75) is 23.8 Å². The lowest BCUT2D eigenvalue weighted by Crippen LogP contribution is -2.18. The summed E-state index contributed by atoms with van der Waals surface area (Å²) in [7, 11) is 1.31. The van der Waals surface area contributed by atoms with Crippen LogP contribution in [0.1, 0.15) is 18.9 Å². The van der Waals surface area contributed by atoms with Gasteiger partial charge in [-0.15, -0.1) is 0 Å². The lowest BCUT2D eigenvalue weighted by molar-refractivity contribution is 0.608. The van der Waals surface area contributed by atoms with Gasteiger partial charge in [-0.05, 0) is 18.9 Å². The van der Waals surface area contributed by atoms with Gasteiger partial charge in [0, 0.05) is 29.0 Å². The zero-order valence-corrected chi connectivity index (χ0v) is 8.75. The number of rotatable bonds is 2. The first kappa shape index (κ1) is 9.73. The third kappa shape index (κ3) is 1.83. The zero-order valence-electron chi connectivity index (χ0n) is 7.18. The van der Waals surface area contributed by atoms with Gasteiger partial charge in [0.1, 0.15) is 0 Å². The lowest BCUT2D eigenvalue weighted by Gasteiger charge is -2.02. The SMILES string of the molecule is O=c1cc(S(=O)(=O)Cl)ccn1C1CC1. The highest BCUT2D eigenvalue weighted by Crippen LogP contribution is 2.33. The Morgan fingerprint density at radius 1 is 1.43 bits per heavy atom. The predicted octanol–water partition coefficient (Wildman–Crippen LogP) is 1.11. The van der Waals surface area contributed by atoms with Gasteiger partial charge in [-0.2, -0.15) is 0 Å². The smallest absolute Gasteiger partial charge is 0.261 e. The lowest BCUT2D eigenvalue weighted by atomic mass is 10.4. The molecule has 0 N–H and O–H groups in total. The Balaban J connectivity index is 2.51. The number of aromatic nitrogens is 1. The molecule has 4 nitrogen and oxygen atoms in total. The quantitative estimate of drug-likeness (QED) is 0.719. The Labute approximate surface area is 85.5 Å². The van der Waals surface area contributed by atoms with Crippen LogP contribution in [0.3, 0.4) is 0 Å². The second kappa shape index (κ2) is 3.10. The minimum Gasteiger partial charge on any atom is -0.312 e. The molecule has 76 valence electrons. The Kier molecular flexibility index (Phi) is 2.16. The molecule has 6 heteroatoms. The number of nitrogens with zero attached hydrogens (tertiary/aromatic N) is 1. The van der Waals surface area contributed by atoms with Crippen LogP contribution in [0, 0.1) is 0 Å². The van der Waals surface area contributed by atoms with Gasteiger partial charge in [-0.3, -0.25) is 4.79 Å². The summed E-state index contributed by atoms with van der Waals surface area (Å²) in [5.74, 6) is 0. The van der Waals surface area contributed by atoms with E-state index in [1.165, 1.54) is 16.8 Å². The van der Waals surface area contributed by atoms with E-state index in [9.17, 15) is 13.2 Å². The third-order valence-corrected chi connectivity index (χ3v) is 3.49. The first-order chi connectivity index (χ1) is 6.48. The molecular weight excluding hydrogens is 226 g/mol. The van der Waals surface area contributed by atoms with Crippen LogP contribution in [0.5, 0.6) is 0 Å². The van der Waals surface area contributed by atoms with Crippen LogP contribution in [0.15, 0.2) is 28.0 Å². The fourth-order valence-electron chi connectivity index (χ4n) is 1.28. The minimum atomic E-state index is -3.79. The monoisotopic (exact) mass is 233 g/mol. The summed E-state index contributed by atoms with van der Waals surface area (Å²) in [6, 6.07) is 2.65. The second-order valence-corrected chi connectivity index (χ2v) is 5.84. The molecule has 1 aromatic heterocycles. The predicted molar refractivity (Wildman–Crippen MR) is 52.0 cm³/mol. The van der Waals surface area contributed by atoms with Crippen molar-refractivity contribution in [1.82, 2.24) is 4.57 Å². The average molecular weight is 234 g/mol. The highest BCUT2D eigenvalue weighted by Gasteiger charge is 2.24. The van der Waals surface area contributed by atoms with E-state index in [-0.39, 0.29) is 16.5 Å². The Hall–Kier alpha value is -0.810. The molecule has 1 fully saturated rings. The summed E-state index contributed by atoms with van der Waals surface area (Å²) in [4.78, 5) is 11.3. The molecule has 1 saturated carbocycles. The van der Waals surface area contributed by atoms with Crippen molar-refractivity contribution < 1.29 is 8.42 Å². The van der Waals surface area contributed by atoms with Crippen LogP contribution in [0.2, 0.25) is 0 Å². The molecule has 0 spiro atoms. The summed E-state index contributed by atoms with van der Waals surface area (Å²) in [5.41, 5.74) is -0.311. The number of halogens is 1. The van der Waals surface area contributed by atoms with Crippen LogP contribution in [-0.4, -0.2) is 13.0 Å². The molecule has 0 radical (unpaired) electrons. The van der Waals surface area contributed by atoms with Crippen LogP contribution in [0.4, 0.5) is 0 Å². The highest BCUT2D eigenvalue weighted by molar-refractivity contribution is 8.13. The summed E-state index contributed by atoms with van der Waals surface area (Å²) in [6.07, 6.45) is 3.44. The second-order valence-electron chi connectivity index (χ2n) is 3.28. The molecule has 1 heterocycles. The molecule has 0 atom stereocenters. The molecule has 1 aromatic rings.